The Kier molecular flexibility index (Phi) is 4.52. The van der Waals surface area contributed by atoms with E-state index in [1.807, 2.05) is 18.2 Å². The highest BCUT2D eigenvalue weighted by Crippen LogP contribution is 2.42. The summed E-state index contributed by atoms with van der Waals surface area (Å²) in [5.74, 6) is 1.58. The van der Waals surface area contributed by atoms with Crippen molar-refractivity contribution < 1.29 is 19.5 Å². The molecule has 0 spiro atoms. The number of non-ortho nitro benzene ring substituents is 1. The summed E-state index contributed by atoms with van der Waals surface area (Å²) in [5.41, 5.74) is 2.99. The van der Waals surface area contributed by atoms with E-state index in [1.165, 1.54) is 6.07 Å². The number of rotatable bonds is 3. The fourth-order valence-corrected chi connectivity index (χ4v) is 4.69. The minimum atomic E-state index is -0.542. The maximum absolute atomic E-state index is 11.2. The van der Waals surface area contributed by atoms with Crippen molar-refractivity contribution in [2.75, 3.05) is 44.3 Å². The second kappa shape index (κ2) is 7.20. The molecule has 29 heavy (non-hydrogen) atoms. The van der Waals surface area contributed by atoms with Crippen molar-refractivity contribution in [3.63, 3.8) is 0 Å². The van der Waals surface area contributed by atoms with Crippen LogP contribution in [0.15, 0.2) is 36.4 Å². The smallest absolute Gasteiger partial charge is 0.269 e. The predicted molar refractivity (Wildman–Crippen MR) is 107 cm³/mol. The predicted octanol–water partition coefficient (Wildman–Crippen LogP) is 2.15. The highest BCUT2D eigenvalue weighted by molar-refractivity contribution is 5.65. The van der Waals surface area contributed by atoms with Crippen LogP contribution >= 0.6 is 0 Å². The molecule has 2 aliphatic heterocycles. The standard InChI is InChI=1S/C21H23N3O5/c25-18-12-14-4-5-15(24(26)27)13-16(14)20(18)23-8-6-22(7-9-23)17-2-1-3-19-21(17)29-11-10-28-19/h1-5,13,18,20,25H,6-12H2/t18-,20-/m1/s1. The Balaban J connectivity index is 1.34. The van der Waals surface area contributed by atoms with E-state index < -0.39 is 6.10 Å². The number of aliphatic hydroxyl groups is 1. The van der Waals surface area contributed by atoms with E-state index in [0.29, 0.717) is 19.6 Å². The van der Waals surface area contributed by atoms with Gasteiger partial charge in [0.1, 0.15) is 13.2 Å². The Labute approximate surface area is 168 Å². The molecular formula is C21H23N3O5. The van der Waals surface area contributed by atoms with Crippen molar-refractivity contribution in [2.45, 2.75) is 18.6 Å². The van der Waals surface area contributed by atoms with Gasteiger partial charge in [0.15, 0.2) is 11.5 Å². The lowest BCUT2D eigenvalue weighted by molar-refractivity contribution is -0.385. The summed E-state index contributed by atoms with van der Waals surface area (Å²) < 4.78 is 11.5. The van der Waals surface area contributed by atoms with Gasteiger partial charge >= 0.3 is 0 Å². The first-order valence-electron chi connectivity index (χ1n) is 9.95. The van der Waals surface area contributed by atoms with Gasteiger partial charge in [-0.3, -0.25) is 15.0 Å². The average Bonchev–Trinajstić information content (AvgIpc) is 3.08. The van der Waals surface area contributed by atoms with Crippen LogP contribution in [0.1, 0.15) is 17.2 Å². The number of hydrogen-bond donors (Lipinski definition) is 1. The molecule has 2 heterocycles. The van der Waals surface area contributed by atoms with Crippen LogP contribution in [-0.2, 0) is 6.42 Å². The Morgan fingerprint density at radius 1 is 1.07 bits per heavy atom. The number of para-hydroxylation sites is 1. The number of ether oxygens (including phenoxy) is 2. The maximum atomic E-state index is 11.2. The van der Waals surface area contributed by atoms with Gasteiger partial charge in [0.05, 0.1) is 22.8 Å². The lowest BCUT2D eigenvalue weighted by Gasteiger charge is -2.41. The molecular weight excluding hydrogens is 374 g/mol. The van der Waals surface area contributed by atoms with Crippen LogP contribution < -0.4 is 14.4 Å². The van der Waals surface area contributed by atoms with Gasteiger partial charge in [0.2, 0.25) is 0 Å². The Morgan fingerprint density at radius 3 is 2.66 bits per heavy atom. The number of fused-ring (bicyclic) bond motifs is 2. The lowest BCUT2D eigenvalue weighted by atomic mass is 10.0. The molecule has 152 valence electrons. The minimum absolute atomic E-state index is 0.0783. The van der Waals surface area contributed by atoms with E-state index in [1.54, 1.807) is 12.1 Å². The molecule has 3 aliphatic rings. The molecule has 0 amide bonds. The summed E-state index contributed by atoms with van der Waals surface area (Å²) in [5, 5.41) is 21.9. The summed E-state index contributed by atoms with van der Waals surface area (Å²) in [6.07, 6.45) is -0.00459. The maximum Gasteiger partial charge on any atom is 0.269 e. The third-order valence-electron chi connectivity index (χ3n) is 6.05. The van der Waals surface area contributed by atoms with Gasteiger partial charge in [0, 0.05) is 44.7 Å². The topological polar surface area (TPSA) is 88.3 Å². The van der Waals surface area contributed by atoms with Crippen molar-refractivity contribution in [3.05, 3.63) is 57.6 Å². The number of nitrogens with zero attached hydrogens (tertiary/aromatic N) is 3. The Bertz CT molecular complexity index is 942. The van der Waals surface area contributed by atoms with Crippen LogP contribution in [0.5, 0.6) is 11.5 Å². The van der Waals surface area contributed by atoms with Gasteiger partial charge < -0.3 is 19.5 Å². The van der Waals surface area contributed by atoms with Crippen LogP contribution in [0, 0.1) is 10.1 Å². The quantitative estimate of drug-likeness (QED) is 0.627. The summed E-state index contributed by atoms with van der Waals surface area (Å²) in [6, 6.07) is 10.7. The largest absolute Gasteiger partial charge is 0.486 e. The van der Waals surface area contributed by atoms with Crippen LogP contribution in [0.25, 0.3) is 0 Å². The van der Waals surface area contributed by atoms with Crippen molar-refractivity contribution in [2.24, 2.45) is 0 Å². The molecule has 8 nitrogen and oxygen atoms in total. The zero-order valence-corrected chi connectivity index (χ0v) is 16.0. The first-order valence-corrected chi connectivity index (χ1v) is 9.95. The molecule has 8 heteroatoms. The van der Waals surface area contributed by atoms with Crippen LogP contribution in [-0.4, -0.2) is 60.4 Å². The van der Waals surface area contributed by atoms with E-state index >= 15 is 0 Å². The van der Waals surface area contributed by atoms with Crippen LogP contribution in [0.3, 0.4) is 0 Å². The summed E-state index contributed by atoms with van der Waals surface area (Å²) in [7, 11) is 0. The molecule has 0 aromatic heterocycles. The molecule has 0 radical (unpaired) electrons. The number of nitro benzene ring substituents is 1. The van der Waals surface area contributed by atoms with E-state index in [0.717, 1.165) is 54.5 Å². The van der Waals surface area contributed by atoms with Crippen molar-refractivity contribution >= 4 is 11.4 Å². The molecule has 2 atom stereocenters. The second-order valence-corrected chi connectivity index (χ2v) is 7.68. The molecule has 0 saturated carbocycles. The fourth-order valence-electron chi connectivity index (χ4n) is 4.69. The molecule has 1 aliphatic carbocycles. The molecule has 2 aromatic carbocycles. The minimum Gasteiger partial charge on any atom is -0.486 e. The van der Waals surface area contributed by atoms with Gasteiger partial charge in [-0.15, -0.1) is 0 Å². The van der Waals surface area contributed by atoms with E-state index in [4.69, 9.17) is 9.47 Å². The third kappa shape index (κ3) is 3.18. The molecule has 1 N–H and O–H groups in total. The fraction of sp³-hybridized carbons (Fsp3) is 0.429. The van der Waals surface area contributed by atoms with Crippen LogP contribution in [0.4, 0.5) is 11.4 Å². The van der Waals surface area contributed by atoms with E-state index in [2.05, 4.69) is 9.80 Å². The van der Waals surface area contributed by atoms with Gasteiger partial charge in [-0.2, -0.15) is 0 Å². The molecule has 2 aromatic rings. The summed E-state index contributed by atoms with van der Waals surface area (Å²) in [4.78, 5) is 15.3. The molecule has 0 unspecified atom stereocenters. The lowest BCUT2D eigenvalue weighted by Crippen LogP contribution is -2.49. The van der Waals surface area contributed by atoms with E-state index in [-0.39, 0.29) is 16.7 Å². The normalized spacial score (nSPS) is 23.7. The first-order chi connectivity index (χ1) is 14.1. The van der Waals surface area contributed by atoms with Gasteiger partial charge in [-0.05, 0) is 23.3 Å². The zero-order chi connectivity index (χ0) is 20.0. The third-order valence-corrected chi connectivity index (χ3v) is 6.05. The van der Waals surface area contributed by atoms with Gasteiger partial charge in [-0.1, -0.05) is 12.1 Å². The highest BCUT2D eigenvalue weighted by atomic mass is 16.6. The molecule has 1 saturated heterocycles. The zero-order valence-electron chi connectivity index (χ0n) is 16.0. The SMILES string of the molecule is O=[N+]([O-])c1ccc2c(c1)[C@@H](N1CCN(c3cccc4c3OCCO4)CC1)[C@H](O)C2. The van der Waals surface area contributed by atoms with Crippen LogP contribution in [0.2, 0.25) is 0 Å². The summed E-state index contributed by atoms with van der Waals surface area (Å²) in [6.45, 7) is 4.20. The average molecular weight is 397 g/mol. The monoisotopic (exact) mass is 397 g/mol. The number of piperazine rings is 1. The molecule has 0 bridgehead atoms. The highest BCUT2D eigenvalue weighted by Gasteiger charge is 2.38. The van der Waals surface area contributed by atoms with Crippen molar-refractivity contribution in [1.29, 1.82) is 0 Å². The number of benzene rings is 2. The molecule has 1 fully saturated rings. The number of anilines is 1. The molecule has 5 rings (SSSR count). The van der Waals surface area contributed by atoms with Gasteiger partial charge in [-0.25, -0.2) is 0 Å². The van der Waals surface area contributed by atoms with E-state index in [9.17, 15) is 15.2 Å². The Hall–Kier alpha value is -2.84. The van der Waals surface area contributed by atoms with Crippen molar-refractivity contribution in [3.8, 4) is 11.5 Å². The summed E-state index contributed by atoms with van der Waals surface area (Å²) >= 11 is 0. The number of hydrogen-bond acceptors (Lipinski definition) is 7. The second-order valence-electron chi connectivity index (χ2n) is 7.68. The van der Waals surface area contributed by atoms with Crippen molar-refractivity contribution in [1.82, 2.24) is 4.90 Å². The Morgan fingerprint density at radius 2 is 1.86 bits per heavy atom. The number of nitro groups is 1. The first kappa shape index (κ1) is 18.2. The number of aliphatic hydroxyl groups excluding tert-OH is 1. The van der Waals surface area contributed by atoms with Gasteiger partial charge in [0.25, 0.3) is 5.69 Å².